The predicted octanol–water partition coefficient (Wildman–Crippen LogP) is 2.60. The topological polar surface area (TPSA) is 31.1 Å². The number of fused-ring (bicyclic) bond motifs is 1. The maximum atomic E-state index is 3.51. The molecule has 18 heavy (non-hydrogen) atoms. The number of hydrogen-bond donors (Lipinski definition) is 2. The van der Waals surface area contributed by atoms with Crippen LogP contribution in [0.4, 0.5) is 5.69 Å². The lowest BCUT2D eigenvalue weighted by Crippen LogP contribution is -2.49. The van der Waals surface area contributed by atoms with Gasteiger partial charge in [-0.1, -0.05) is 13.0 Å². The lowest BCUT2D eigenvalue weighted by molar-refractivity contribution is 0.339. The van der Waals surface area contributed by atoms with Gasteiger partial charge in [0, 0.05) is 42.4 Å². The number of nitrogens with zero attached hydrogens (tertiary/aromatic N) is 1. The fraction of sp³-hybridized carbons (Fsp3) is 0.467. The van der Waals surface area contributed by atoms with Gasteiger partial charge in [0.25, 0.3) is 0 Å². The Kier molecular flexibility index (Phi) is 3.00. The molecule has 1 aliphatic heterocycles. The second kappa shape index (κ2) is 4.65. The minimum Gasteiger partial charge on any atom is -0.370 e. The minimum absolute atomic E-state index is 0.583. The van der Waals surface area contributed by atoms with Crippen molar-refractivity contribution in [2.75, 3.05) is 25.0 Å². The quantitative estimate of drug-likeness (QED) is 0.849. The number of nitrogens with one attached hydrogen (secondary N) is 2. The van der Waals surface area contributed by atoms with Gasteiger partial charge in [0.2, 0.25) is 0 Å². The number of anilines is 1. The highest BCUT2D eigenvalue weighted by atomic mass is 15.2. The molecule has 0 saturated carbocycles. The van der Waals surface area contributed by atoms with Gasteiger partial charge in [-0.2, -0.15) is 0 Å². The van der Waals surface area contributed by atoms with E-state index in [1.807, 2.05) is 6.20 Å². The lowest BCUT2D eigenvalue weighted by Gasteiger charge is -2.38. The first-order valence-corrected chi connectivity index (χ1v) is 6.77. The highest BCUT2D eigenvalue weighted by Crippen LogP contribution is 2.29. The molecule has 3 rings (SSSR count). The van der Waals surface area contributed by atoms with Crippen molar-refractivity contribution in [3.8, 4) is 0 Å². The molecule has 96 valence electrons. The molecular weight excluding hydrogens is 222 g/mol. The van der Waals surface area contributed by atoms with Crippen molar-refractivity contribution in [1.29, 1.82) is 0 Å². The summed E-state index contributed by atoms with van der Waals surface area (Å²) in [4.78, 5) is 5.72. The summed E-state index contributed by atoms with van der Waals surface area (Å²) in [7, 11) is 2.22. The Labute approximate surface area is 108 Å². The molecule has 3 nitrogen and oxygen atoms in total. The molecule has 1 saturated heterocycles. The Morgan fingerprint density at radius 3 is 3.00 bits per heavy atom. The highest BCUT2D eigenvalue weighted by molar-refractivity contribution is 5.92. The van der Waals surface area contributed by atoms with Crippen LogP contribution in [0.25, 0.3) is 10.9 Å². The summed E-state index contributed by atoms with van der Waals surface area (Å²) in [5, 5.41) is 4.83. The van der Waals surface area contributed by atoms with Crippen molar-refractivity contribution in [3.63, 3.8) is 0 Å². The summed E-state index contributed by atoms with van der Waals surface area (Å²) in [6, 6.07) is 9.24. The first kappa shape index (κ1) is 11.6. The van der Waals surface area contributed by atoms with Crippen LogP contribution in [-0.4, -0.2) is 31.2 Å². The largest absolute Gasteiger partial charge is 0.370 e. The van der Waals surface area contributed by atoms with E-state index in [9.17, 15) is 0 Å². The molecule has 0 spiro atoms. The first-order chi connectivity index (χ1) is 8.77. The molecule has 2 aromatic rings. The van der Waals surface area contributed by atoms with Crippen LogP contribution in [-0.2, 0) is 0 Å². The molecule has 2 heterocycles. The molecule has 1 aromatic carbocycles. The summed E-state index contributed by atoms with van der Waals surface area (Å²) in [5.41, 5.74) is 2.55. The molecule has 0 bridgehead atoms. The Morgan fingerprint density at radius 1 is 1.28 bits per heavy atom. The van der Waals surface area contributed by atoms with Gasteiger partial charge in [0.05, 0.1) is 0 Å². The van der Waals surface area contributed by atoms with Gasteiger partial charge in [0.1, 0.15) is 0 Å². The van der Waals surface area contributed by atoms with Crippen molar-refractivity contribution in [1.82, 2.24) is 10.3 Å². The molecule has 2 N–H and O–H groups in total. The Balaban J connectivity index is 1.95. The summed E-state index contributed by atoms with van der Waals surface area (Å²) < 4.78 is 0. The van der Waals surface area contributed by atoms with E-state index in [0.29, 0.717) is 6.04 Å². The van der Waals surface area contributed by atoms with E-state index >= 15 is 0 Å². The second-order valence-electron chi connectivity index (χ2n) is 5.36. The van der Waals surface area contributed by atoms with Crippen LogP contribution in [0.3, 0.4) is 0 Å². The number of likely N-dealkylation sites (N-methyl/N-ethyl adjacent to an activating group) is 1. The number of H-pyrrole nitrogens is 1. The third-order valence-electron chi connectivity index (χ3n) is 4.24. The SMILES string of the molecule is C[C@H]1CCNC[C@@H]1N(C)c1cccc2[nH]ccc12. The predicted molar refractivity (Wildman–Crippen MR) is 77.1 cm³/mol. The van der Waals surface area contributed by atoms with Crippen molar-refractivity contribution < 1.29 is 0 Å². The van der Waals surface area contributed by atoms with Gasteiger partial charge in [-0.3, -0.25) is 0 Å². The summed E-state index contributed by atoms with van der Waals surface area (Å²) in [5.74, 6) is 0.741. The molecule has 1 fully saturated rings. The Hall–Kier alpha value is -1.48. The van der Waals surface area contributed by atoms with Crippen LogP contribution >= 0.6 is 0 Å². The molecule has 2 atom stereocenters. The Morgan fingerprint density at radius 2 is 2.17 bits per heavy atom. The number of benzene rings is 1. The van der Waals surface area contributed by atoms with E-state index in [1.165, 1.54) is 23.0 Å². The highest BCUT2D eigenvalue weighted by Gasteiger charge is 2.25. The van der Waals surface area contributed by atoms with Gasteiger partial charge in [-0.05, 0) is 37.1 Å². The fourth-order valence-corrected chi connectivity index (χ4v) is 3.05. The standard InChI is InChI=1S/C15H21N3/c1-11-6-8-16-10-15(11)18(2)14-5-3-4-13-12(14)7-9-17-13/h3-5,7,9,11,15-17H,6,8,10H2,1-2H3/t11-,15-/m0/s1. The normalized spacial score (nSPS) is 24.3. The zero-order valence-corrected chi connectivity index (χ0v) is 11.1. The zero-order chi connectivity index (χ0) is 12.5. The van der Waals surface area contributed by atoms with Gasteiger partial charge >= 0.3 is 0 Å². The third kappa shape index (κ3) is 1.89. The van der Waals surface area contributed by atoms with E-state index in [0.717, 1.165) is 19.0 Å². The van der Waals surface area contributed by atoms with Crippen LogP contribution in [0.1, 0.15) is 13.3 Å². The average molecular weight is 243 g/mol. The number of aromatic amines is 1. The summed E-state index contributed by atoms with van der Waals surface area (Å²) in [6.45, 7) is 4.59. The van der Waals surface area contributed by atoms with Crippen LogP contribution in [0, 0.1) is 5.92 Å². The minimum atomic E-state index is 0.583. The number of rotatable bonds is 2. The molecule has 0 radical (unpaired) electrons. The van der Waals surface area contributed by atoms with Gasteiger partial charge in [-0.25, -0.2) is 0 Å². The van der Waals surface area contributed by atoms with Crippen LogP contribution in [0.2, 0.25) is 0 Å². The lowest BCUT2D eigenvalue weighted by atomic mass is 9.93. The number of piperidine rings is 1. The van der Waals surface area contributed by atoms with Crippen LogP contribution in [0.5, 0.6) is 0 Å². The van der Waals surface area contributed by atoms with Crippen molar-refractivity contribution in [2.45, 2.75) is 19.4 Å². The third-order valence-corrected chi connectivity index (χ3v) is 4.24. The van der Waals surface area contributed by atoms with E-state index < -0.39 is 0 Å². The van der Waals surface area contributed by atoms with Crippen LogP contribution in [0.15, 0.2) is 30.5 Å². The van der Waals surface area contributed by atoms with Gasteiger partial charge in [0.15, 0.2) is 0 Å². The van der Waals surface area contributed by atoms with E-state index in [-0.39, 0.29) is 0 Å². The van der Waals surface area contributed by atoms with E-state index in [4.69, 9.17) is 0 Å². The molecule has 3 heteroatoms. The van der Waals surface area contributed by atoms with Crippen LogP contribution < -0.4 is 10.2 Å². The van der Waals surface area contributed by atoms with Gasteiger partial charge in [-0.15, -0.1) is 0 Å². The average Bonchev–Trinajstić information content (AvgIpc) is 2.86. The number of aromatic nitrogens is 1. The molecular formula is C15H21N3. The summed E-state index contributed by atoms with van der Waals surface area (Å²) >= 11 is 0. The molecule has 1 aromatic heterocycles. The maximum Gasteiger partial charge on any atom is 0.0474 e. The number of hydrogen-bond acceptors (Lipinski definition) is 2. The maximum absolute atomic E-state index is 3.51. The first-order valence-electron chi connectivity index (χ1n) is 6.77. The second-order valence-corrected chi connectivity index (χ2v) is 5.36. The van der Waals surface area contributed by atoms with Gasteiger partial charge < -0.3 is 15.2 Å². The van der Waals surface area contributed by atoms with Crippen molar-refractivity contribution in [3.05, 3.63) is 30.5 Å². The molecule has 0 unspecified atom stereocenters. The monoisotopic (exact) mass is 243 g/mol. The van der Waals surface area contributed by atoms with Crippen molar-refractivity contribution in [2.24, 2.45) is 5.92 Å². The van der Waals surface area contributed by atoms with Crippen molar-refractivity contribution >= 4 is 16.6 Å². The summed E-state index contributed by atoms with van der Waals surface area (Å²) in [6.07, 6.45) is 3.28. The van der Waals surface area contributed by atoms with E-state index in [2.05, 4.69) is 53.4 Å². The molecule has 0 amide bonds. The molecule has 1 aliphatic rings. The smallest absolute Gasteiger partial charge is 0.0474 e. The Bertz CT molecular complexity index is 531. The van der Waals surface area contributed by atoms with E-state index in [1.54, 1.807) is 0 Å². The zero-order valence-electron chi connectivity index (χ0n) is 11.1. The fourth-order valence-electron chi connectivity index (χ4n) is 3.05. The molecule has 0 aliphatic carbocycles.